The molecule has 0 unspecified atom stereocenters. The predicted octanol–water partition coefficient (Wildman–Crippen LogP) is 9.60. The monoisotopic (exact) mass is 442 g/mol. The van der Waals surface area contributed by atoms with E-state index in [1.54, 1.807) is 6.07 Å². The Balaban J connectivity index is 1.15. The predicted molar refractivity (Wildman–Crippen MR) is 131 cm³/mol. The molecule has 0 nitrogen and oxygen atoms in total. The van der Waals surface area contributed by atoms with Gasteiger partial charge in [-0.25, -0.2) is 8.78 Å². The third-order valence-corrected chi connectivity index (χ3v) is 9.18. The van der Waals surface area contributed by atoms with Gasteiger partial charge in [0.25, 0.3) is 0 Å². The number of unbranched alkanes of at least 4 members (excludes halogenated alkanes) is 1. The van der Waals surface area contributed by atoms with E-state index in [2.05, 4.69) is 19.1 Å². The van der Waals surface area contributed by atoms with E-state index in [-0.39, 0.29) is 0 Å². The van der Waals surface area contributed by atoms with Crippen molar-refractivity contribution >= 4 is 0 Å². The van der Waals surface area contributed by atoms with E-state index >= 15 is 0 Å². The highest BCUT2D eigenvalue weighted by Gasteiger charge is 2.30. The van der Waals surface area contributed by atoms with E-state index in [9.17, 15) is 8.78 Å². The van der Waals surface area contributed by atoms with Gasteiger partial charge in [0.15, 0.2) is 11.6 Å². The molecule has 0 heterocycles. The van der Waals surface area contributed by atoms with Gasteiger partial charge in [0.05, 0.1) is 0 Å². The molecule has 1 aromatic carbocycles. The summed E-state index contributed by atoms with van der Waals surface area (Å²) in [7, 11) is 0. The van der Waals surface area contributed by atoms with Crippen LogP contribution in [0.5, 0.6) is 0 Å². The molecule has 3 aliphatic carbocycles. The van der Waals surface area contributed by atoms with Crippen LogP contribution in [0.2, 0.25) is 0 Å². The van der Waals surface area contributed by atoms with Crippen molar-refractivity contribution < 1.29 is 8.78 Å². The molecule has 4 rings (SSSR count). The van der Waals surface area contributed by atoms with Crippen LogP contribution in [0.3, 0.4) is 0 Å². The highest BCUT2D eigenvalue weighted by atomic mass is 19.2. The highest BCUT2D eigenvalue weighted by molar-refractivity contribution is 5.22. The van der Waals surface area contributed by atoms with Crippen LogP contribution >= 0.6 is 0 Å². The minimum absolute atomic E-state index is 0.391. The average Bonchev–Trinajstić information content (AvgIpc) is 2.84. The van der Waals surface area contributed by atoms with Gasteiger partial charge in [0, 0.05) is 0 Å². The number of rotatable bonds is 7. The molecule has 3 fully saturated rings. The molecule has 3 aliphatic rings. The van der Waals surface area contributed by atoms with E-state index in [4.69, 9.17) is 0 Å². The van der Waals surface area contributed by atoms with Crippen molar-refractivity contribution in [2.24, 2.45) is 29.6 Å². The number of allylic oxidation sites excluding steroid dienone is 2. The van der Waals surface area contributed by atoms with Gasteiger partial charge >= 0.3 is 0 Å². The van der Waals surface area contributed by atoms with Gasteiger partial charge in [0.2, 0.25) is 0 Å². The summed E-state index contributed by atoms with van der Waals surface area (Å²) in [5.41, 5.74) is 0.976. The van der Waals surface area contributed by atoms with E-state index in [0.717, 1.165) is 42.1 Å². The Kier molecular flexibility index (Phi) is 8.83. The van der Waals surface area contributed by atoms with Crippen molar-refractivity contribution in [2.75, 3.05) is 0 Å². The molecule has 0 aromatic heterocycles. The van der Waals surface area contributed by atoms with Gasteiger partial charge in [-0.15, -0.1) is 0 Å². The van der Waals surface area contributed by atoms with E-state index in [1.807, 2.05) is 0 Å². The Hall–Kier alpha value is -1.18. The smallest absolute Gasteiger partial charge is 0.159 e. The Bertz CT molecular complexity index is 714. The van der Waals surface area contributed by atoms with Gasteiger partial charge in [-0.2, -0.15) is 0 Å². The lowest BCUT2D eigenvalue weighted by atomic mass is 9.68. The largest absolute Gasteiger partial charge is 0.204 e. The van der Waals surface area contributed by atoms with Crippen molar-refractivity contribution in [3.63, 3.8) is 0 Å². The van der Waals surface area contributed by atoms with Crippen LogP contribution < -0.4 is 0 Å². The van der Waals surface area contributed by atoms with Crippen molar-refractivity contribution in [3.05, 3.63) is 47.5 Å². The first kappa shape index (κ1) is 24.0. The maximum Gasteiger partial charge on any atom is 0.159 e. The normalized spacial score (nSPS) is 34.1. The van der Waals surface area contributed by atoms with Crippen molar-refractivity contribution in [1.82, 2.24) is 0 Å². The second-order valence-electron chi connectivity index (χ2n) is 11.3. The number of halogens is 2. The van der Waals surface area contributed by atoms with Crippen molar-refractivity contribution in [1.29, 1.82) is 0 Å². The standard InChI is InChI=1S/C30H44F2/c1-2-3-4-22-7-13-25(14-8-22)26-15-9-23(10-16-26)5-6-24-11-17-27(18-12-24)28-19-20-29(31)30(32)21-28/h5-6,19-27H,2-4,7-18H2,1H3/b6-5+/t22-,23?,24-,25-,26?,27-. The lowest BCUT2D eigenvalue weighted by Crippen LogP contribution is -2.25. The summed E-state index contributed by atoms with van der Waals surface area (Å²) in [5.74, 6) is 3.46. The summed E-state index contributed by atoms with van der Waals surface area (Å²) in [6.07, 6.45) is 25.5. The number of benzene rings is 1. The second-order valence-corrected chi connectivity index (χ2v) is 11.3. The first-order chi connectivity index (χ1) is 15.6. The molecule has 32 heavy (non-hydrogen) atoms. The Morgan fingerprint density at radius 2 is 1.28 bits per heavy atom. The van der Waals surface area contributed by atoms with Crippen molar-refractivity contribution in [3.8, 4) is 0 Å². The third-order valence-electron chi connectivity index (χ3n) is 9.18. The van der Waals surface area contributed by atoms with Gasteiger partial charge in [-0.1, -0.05) is 57.2 Å². The Morgan fingerprint density at radius 3 is 1.84 bits per heavy atom. The van der Waals surface area contributed by atoms with Crippen LogP contribution in [0, 0.1) is 41.2 Å². The Morgan fingerprint density at radius 1 is 0.719 bits per heavy atom. The van der Waals surface area contributed by atoms with Crippen molar-refractivity contribution in [2.45, 2.75) is 109 Å². The molecule has 0 spiro atoms. The summed E-state index contributed by atoms with van der Waals surface area (Å²) in [4.78, 5) is 0. The first-order valence-corrected chi connectivity index (χ1v) is 13.8. The number of hydrogen-bond acceptors (Lipinski definition) is 0. The van der Waals surface area contributed by atoms with E-state index in [1.165, 1.54) is 95.6 Å². The van der Waals surface area contributed by atoms with Gasteiger partial charge < -0.3 is 0 Å². The molecule has 0 aliphatic heterocycles. The SMILES string of the molecule is CCCC[C@H]1CC[C@H](C2CCC(/C=C/[C@H]3CC[C@H](c4ccc(F)c(F)c4)CC3)CC2)CC1. The summed E-state index contributed by atoms with van der Waals surface area (Å²) in [6, 6.07) is 4.47. The maximum absolute atomic E-state index is 13.6. The Labute approximate surface area is 195 Å². The quantitative estimate of drug-likeness (QED) is 0.369. The van der Waals surface area contributed by atoms with Gasteiger partial charge in [-0.05, 0) is 117 Å². The van der Waals surface area contributed by atoms with Gasteiger partial charge in [-0.3, -0.25) is 0 Å². The number of hydrogen-bond donors (Lipinski definition) is 0. The summed E-state index contributed by atoms with van der Waals surface area (Å²) in [6.45, 7) is 2.32. The molecular formula is C30H44F2. The molecule has 0 amide bonds. The van der Waals surface area contributed by atoms with Crippen LogP contribution in [0.4, 0.5) is 8.78 Å². The first-order valence-electron chi connectivity index (χ1n) is 13.8. The zero-order valence-electron chi connectivity index (χ0n) is 20.2. The molecular weight excluding hydrogens is 398 g/mol. The minimum atomic E-state index is -0.736. The van der Waals surface area contributed by atoms with Crippen LogP contribution in [0.25, 0.3) is 0 Å². The molecule has 0 N–H and O–H groups in total. The molecule has 0 atom stereocenters. The molecule has 0 saturated heterocycles. The zero-order valence-corrected chi connectivity index (χ0v) is 20.2. The summed E-state index contributed by atoms with van der Waals surface area (Å²) in [5, 5.41) is 0. The van der Waals surface area contributed by atoms with Crippen LogP contribution in [-0.2, 0) is 0 Å². The molecule has 178 valence electrons. The maximum atomic E-state index is 13.6. The molecule has 0 bridgehead atoms. The van der Waals surface area contributed by atoms with Crippen LogP contribution in [0.15, 0.2) is 30.4 Å². The summed E-state index contributed by atoms with van der Waals surface area (Å²) >= 11 is 0. The minimum Gasteiger partial charge on any atom is -0.204 e. The lowest BCUT2D eigenvalue weighted by molar-refractivity contribution is 0.151. The lowest BCUT2D eigenvalue weighted by Gasteiger charge is -2.37. The average molecular weight is 443 g/mol. The van der Waals surface area contributed by atoms with E-state index in [0.29, 0.717) is 11.8 Å². The molecule has 2 heteroatoms. The van der Waals surface area contributed by atoms with Crippen LogP contribution in [-0.4, -0.2) is 0 Å². The fourth-order valence-corrected chi connectivity index (χ4v) is 6.98. The topological polar surface area (TPSA) is 0 Å². The molecule has 1 aromatic rings. The summed E-state index contributed by atoms with van der Waals surface area (Å²) < 4.78 is 26.8. The zero-order chi connectivity index (χ0) is 22.3. The molecule has 0 radical (unpaired) electrons. The fraction of sp³-hybridized carbons (Fsp3) is 0.733. The third kappa shape index (κ3) is 6.45. The van der Waals surface area contributed by atoms with Crippen LogP contribution in [0.1, 0.15) is 115 Å². The fourth-order valence-electron chi connectivity index (χ4n) is 6.98. The van der Waals surface area contributed by atoms with Gasteiger partial charge in [0.1, 0.15) is 0 Å². The second kappa shape index (κ2) is 11.8. The van der Waals surface area contributed by atoms with E-state index < -0.39 is 11.6 Å². The highest BCUT2D eigenvalue weighted by Crippen LogP contribution is 2.43. The molecule has 3 saturated carbocycles.